The summed E-state index contributed by atoms with van der Waals surface area (Å²) < 4.78 is 111. The van der Waals surface area contributed by atoms with E-state index in [9.17, 15) is 182 Å². The molecule has 10 rings (SSSR count). The van der Waals surface area contributed by atoms with Crippen LogP contribution in [-0.2, 0) is 114 Å². The van der Waals surface area contributed by atoms with E-state index in [2.05, 4.69) is 21.3 Å². The fraction of sp³-hybridized carbons (Fsp3) is 0.930. The van der Waals surface area contributed by atoms with Crippen molar-refractivity contribution in [3.8, 4) is 0 Å². The summed E-state index contributed by atoms with van der Waals surface area (Å²) in [7, 11) is 0. The van der Waals surface area contributed by atoms with Gasteiger partial charge in [0.1, 0.15) is 244 Å². The van der Waals surface area contributed by atoms with E-state index in [-0.39, 0.29) is 0 Å². The van der Waals surface area contributed by atoms with Gasteiger partial charge in [-0.1, -0.05) is 0 Å². The molecule has 51 atom stereocenters. The quantitative estimate of drug-likeness (QED) is 0.0277. The van der Waals surface area contributed by atoms with Crippen molar-refractivity contribution in [2.45, 2.75) is 340 Å². The van der Waals surface area contributed by atoms with Gasteiger partial charge in [0.2, 0.25) is 23.6 Å². The molecule has 59 nitrogen and oxygen atoms in total. The van der Waals surface area contributed by atoms with Crippen molar-refractivity contribution >= 4 is 29.6 Å². The Morgan fingerprint density at radius 2 is 0.662 bits per heavy atom. The number of hydrogen-bond acceptors (Lipinski definition) is 54. The lowest BCUT2D eigenvalue weighted by Crippen LogP contribution is -2.71. The van der Waals surface area contributed by atoms with Gasteiger partial charge in [-0.2, -0.15) is 0 Å². The average molecular weight is 1910 g/mol. The summed E-state index contributed by atoms with van der Waals surface area (Å²) >= 11 is 0. The predicted molar refractivity (Wildman–Crippen MR) is 395 cm³/mol. The van der Waals surface area contributed by atoms with Gasteiger partial charge in [-0.15, -0.1) is 0 Å². The number of rotatable bonds is 36. The van der Waals surface area contributed by atoms with Crippen LogP contribution in [0.1, 0.15) is 27.2 Å². The summed E-state index contributed by atoms with van der Waals surface area (Å²) in [4.78, 5) is 63.8. The first kappa shape index (κ1) is 107. The van der Waals surface area contributed by atoms with E-state index in [1.54, 1.807) is 0 Å². The number of aliphatic carboxylic acids is 1. The minimum atomic E-state index is -3.17. The first-order valence-electron chi connectivity index (χ1n) is 40.9. The third-order valence-electron chi connectivity index (χ3n) is 23.6. The van der Waals surface area contributed by atoms with E-state index >= 15 is 0 Å². The fourth-order valence-electron chi connectivity index (χ4n) is 16.5. The second-order valence-electron chi connectivity index (χ2n) is 32.5. The Morgan fingerprint density at radius 1 is 0.331 bits per heavy atom. The van der Waals surface area contributed by atoms with E-state index in [1.165, 1.54) is 0 Å². The van der Waals surface area contributed by atoms with Crippen LogP contribution >= 0.6 is 0 Å². The number of carbonyl (C=O) groups is 5. The van der Waals surface area contributed by atoms with Gasteiger partial charge in [-0.05, 0) is 0 Å². The maximum Gasteiger partial charge on any atom is 0.364 e. The molecule has 10 heterocycles. The van der Waals surface area contributed by atoms with Gasteiger partial charge in [0, 0.05) is 27.2 Å². The Morgan fingerprint density at radius 3 is 1.09 bits per heavy atom. The van der Waals surface area contributed by atoms with Crippen LogP contribution in [0.25, 0.3) is 0 Å². The number of carboxylic acids is 1. The average Bonchev–Trinajstić information content (AvgIpc) is 0.764. The molecule has 0 aromatic carbocycles. The number of aliphatic hydroxyl groups is 30. The normalized spacial score (nSPS) is 47.9. The highest BCUT2D eigenvalue weighted by Crippen LogP contribution is 2.42. The van der Waals surface area contributed by atoms with Gasteiger partial charge < -0.3 is 270 Å². The molecule has 0 spiro atoms. The molecule has 0 saturated carbocycles. The number of nitrogens with one attached hydrogen (secondary N) is 4. The molecule has 752 valence electrons. The van der Waals surface area contributed by atoms with Crippen LogP contribution in [0.3, 0.4) is 0 Å². The molecule has 10 saturated heterocycles. The summed E-state index contributed by atoms with van der Waals surface area (Å²) in [5.41, 5.74) is 0. The predicted octanol–water partition coefficient (Wildman–Crippen LogP) is -24.1. The second-order valence-corrected chi connectivity index (χ2v) is 32.5. The largest absolute Gasteiger partial charge is 0.477 e. The molecular weight excluding hydrogens is 1790 g/mol. The van der Waals surface area contributed by atoms with Gasteiger partial charge >= 0.3 is 5.97 Å². The lowest BCUT2D eigenvalue weighted by molar-refractivity contribution is -0.400. The number of aliphatic hydroxyl groups excluding tert-OH is 30. The van der Waals surface area contributed by atoms with E-state index in [1.807, 2.05) is 0 Å². The molecule has 0 radical (unpaired) electrons. The van der Waals surface area contributed by atoms with Crippen LogP contribution < -0.4 is 21.3 Å². The molecule has 35 N–H and O–H groups in total. The zero-order valence-electron chi connectivity index (χ0n) is 69.0. The van der Waals surface area contributed by atoms with E-state index in [0.717, 1.165) is 20.8 Å². The molecule has 0 aromatic rings. The number of amides is 4. The Labute approximate surface area is 733 Å². The van der Waals surface area contributed by atoms with Gasteiger partial charge in [-0.25, -0.2) is 4.79 Å². The van der Waals surface area contributed by atoms with E-state index in [0.29, 0.717) is 0 Å². The summed E-state index contributed by atoms with van der Waals surface area (Å²) in [5, 5.41) is 353. The number of ether oxygens (including phenoxy) is 19. The molecule has 0 aromatic heterocycles. The molecule has 4 amide bonds. The summed E-state index contributed by atoms with van der Waals surface area (Å²) in [6, 6.07) is -7.64. The van der Waals surface area contributed by atoms with Crippen LogP contribution in [0.15, 0.2) is 0 Å². The molecule has 0 aliphatic carbocycles. The Kier molecular flexibility index (Phi) is 38.6. The van der Waals surface area contributed by atoms with Crippen molar-refractivity contribution in [2.75, 3.05) is 72.7 Å². The fourth-order valence-corrected chi connectivity index (χ4v) is 16.5. The van der Waals surface area contributed by atoms with Crippen molar-refractivity contribution in [1.29, 1.82) is 0 Å². The standard InChI is InChI=1S/C71H118N4O55/c1-16(85)72-32-42(98)53(25(10-81)114-61(32)109)123-62-33(73-17(2)86)43(99)55(27(12-83)119-62)125-67-52(108)58(41(97)28(121-67)14-112-64-51(107)57(40(96)24(9-80)115-64)126-69-60(48(104)38(94)23(8-79)118-69)129-65-49(105)45(101)36(92)21(6-77)116-65)127-68-59(47(103)37(93)22(7-78)117-68)128-63-34(74-18(3)87)44(100)54(26(11-82)120-63)124-66-50(106)46(102)39(95)29(122-66)15-113-71(70(110)111)4-19(88)31(75-30(90)13-84)56(130-71)35(91)20(89)5-76/h19-29,31-69,76-84,88-89,91-109H,4-15H2,1-3H3,(H,72,85)(H,73,86)(H,74,87)(H,75,90)(H,110,111)/t19-,20+,21+,22+,23+,24+,25+,26+,27+,28+,29+,31+,32+,33+,34+,35+,36+,37+,38+,39-,40+,41+,42+,43+,44+,45-,46-,47-,48-,49-,50+,51-,52-,53+,54+,55+,56+,57-,58-,59-,60-,61+,62-,63-,64-,65+,66-,67-,68+,69+,71+/m0/s1. The lowest BCUT2D eigenvalue weighted by atomic mass is 9.88. The smallest absolute Gasteiger partial charge is 0.364 e. The lowest BCUT2D eigenvalue weighted by Gasteiger charge is -2.51. The molecular formula is C71H118N4O55. The maximum atomic E-state index is 13.2. The molecule has 10 aliphatic rings. The van der Waals surface area contributed by atoms with Gasteiger partial charge in [-0.3, -0.25) is 19.2 Å². The van der Waals surface area contributed by atoms with Crippen LogP contribution in [0, 0.1) is 0 Å². The van der Waals surface area contributed by atoms with Crippen LogP contribution in [0.5, 0.6) is 0 Å². The van der Waals surface area contributed by atoms with E-state index in [4.69, 9.17) is 90.0 Å². The minimum absolute atomic E-state index is 0.815. The van der Waals surface area contributed by atoms with Crippen LogP contribution in [-0.4, -0.2) is 573 Å². The highest BCUT2D eigenvalue weighted by molar-refractivity contribution is 5.78. The summed E-state index contributed by atoms with van der Waals surface area (Å²) in [6.07, 6.45) is -103. The Hall–Kier alpha value is -4.61. The van der Waals surface area contributed by atoms with Crippen molar-refractivity contribution in [3.63, 3.8) is 0 Å². The SMILES string of the molecule is CC(=O)N[C@@H]1[C@@H](O)[C@H](O[C@@H]2O[C@H](CO)[C@@H](O[C@@H]3O[C@H](CO[C@H]4O[C@H](CO)[C@@H](O)[C@H](O[C@H]5O[C@H](CO)[C@@H](O)[C@H](O)[C@@H]5O[C@H]5O[C@H](CO)[C@@H](O)[C@H](O)[C@@H]5O)[C@@H]4O)[C@@H](O)[C@H](O[C@H]4O[C@H](CO)[C@@H](O)[C@H](O)[C@@H]4O[C@@H]4O[C@H](CO)[C@@H](O[C@@H]5O[C@H](CO[C@]6(C(=O)O)C[C@H](O)[C@@H](NC(=O)CO)[C@H]([C@H](O)[C@H](O)CO)O6)[C@H](O)[C@H](O)[C@H]5O)[C@H](O)[C@H]4NC(C)=O)[C@@H]3O)[C@H](O)[C@H]2NC(C)=O)[C@@H](CO)O[C@H]1O. The van der Waals surface area contributed by atoms with Gasteiger partial charge in [0.25, 0.3) is 5.79 Å². The summed E-state index contributed by atoms with van der Waals surface area (Å²) in [5.74, 6) is -9.35. The number of carbonyl (C=O) groups excluding carboxylic acids is 4. The highest BCUT2D eigenvalue weighted by atomic mass is 16.8. The van der Waals surface area contributed by atoms with Gasteiger partial charge in [0.05, 0.1) is 78.2 Å². The van der Waals surface area contributed by atoms with Crippen molar-refractivity contribution in [2.24, 2.45) is 0 Å². The number of hydrogen-bond donors (Lipinski definition) is 35. The summed E-state index contributed by atoms with van der Waals surface area (Å²) in [6.45, 7) is -10.4. The first-order valence-corrected chi connectivity index (χ1v) is 40.9. The Bertz CT molecular complexity index is 3570. The number of carboxylic acid groups (broad SMARTS) is 1. The molecule has 130 heavy (non-hydrogen) atoms. The first-order chi connectivity index (χ1) is 61.4. The van der Waals surface area contributed by atoms with Gasteiger partial charge in [0.15, 0.2) is 56.6 Å². The van der Waals surface area contributed by atoms with E-state index < -0.39 is 421 Å². The molecule has 59 heteroatoms. The molecule has 10 fully saturated rings. The third kappa shape index (κ3) is 23.5. The second kappa shape index (κ2) is 46.7. The van der Waals surface area contributed by atoms with Crippen LogP contribution in [0.2, 0.25) is 0 Å². The van der Waals surface area contributed by atoms with Crippen molar-refractivity contribution < 1.29 is 272 Å². The zero-order chi connectivity index (χ0) is 96.0. The third-order valence-corrected chi connectivity index (χ3v) is 23.6. The highest BCUT2D eigenvalue weighted by Gasteiger charge is 2.63. The zero-order valence-corrected chi connectivity index (χ0v) is 69.0. The van der Waals surface area contributed by atoms with Crippen LogP contribution in [0.4, 0.5) is 0 Å². The topological polar surface area (TPSA) is 936 Å². The Balaban J connectivity index is 0.945. The maximum absolute atomic E-state index is 13.2. The van der Waals surface area contributed by atoms with Crippen molar-refractivity contribution in [1.82, 2.24) is 21.3 Å². The molecule has 0 unspecified atom stereocenters. The van der Waals surface area contributed by atoms with Crippen molar-refractivity contribution in [3.05, 3.63) is 0 Å². The molecule has 0 bridgehead atoms. The minimum Gasteiger partial charge on any atom is -0.477 e. The monoisotopic (exact) mass is 1910 g/mol. The molecule has 10 aliphatic heterocycles.